The largest absolute Gasteiger partial charge is 0.493 e. The topological polar surface area (TPSA) is 48.7 Å². The smallest absolute Gasteiger partial charge is 0.161 e. The van der Waals surface area contributed by atoms with E-state index in [-0.39, 0.29) is 6.04 Å². The molecule has 2 unspecified atom stereocenters. The molecule has 0 saturated carbocycles. The number of likely N-dealkylation sites (N-methyl/N-ethyl adjacent to an activating group) is 1. The zero-order chi connectivity index (χ0) is 17.5. The molecule has 0 N–H and O–H groups in total. The van der Waals surface area contributed by atoms with E-state index in [4.69, 9.17) is 9.47 Å². The summed E-state index contributed by atoms with van der Waals surface area (Å²) in [7, 11) is 1.64. The van der Waals surface area contributed by atoms with Crippen LogP contribution in [0.5, 0.6) is 11.5 Å². The lowest BCUT2D eigenvalue weighted by Gasteiger charge is -2.41. The Morgan fingerprint density at radius 1 is 1.29 bits per heavy atom. The van der Waals surface area contributed by atoms with Crippen LogP contribution in [0.3, 0.4) is 0 Å². The first-order valence-corrected chi connectivity index (χ1v) is 8.83. The molecule has 1 aromatic rings. The summed E-state index contributed by atoms with van der Waals surface area (Å²) in [5.74, 6) is 1.43. The summed E-state index contributed by atoms with van der Waals surface area (Å²) in [6.45, 7) is 11.1. The van der Waals surface area contributed by atoms with E-state index in [9.17, 15) is 5.26 Å². The maximum absolute atomic E-state index is 9.79. The second-order valence-corrected chi connectivity index (χ2v) is 6.27. The summed E-state index contributed by atoms with van der Waals surface area (Å²) in [6, 6.07) is 8.42. The predicted molar refractivity (Wildman–Crippen MR) is 95.4 cm³/mol. The molecule has 0 bridgehead atoms. The molecule has 5 nitrogen and oxygen atoms in total. The number of methoxy groups -OCH3 is 1. The molecule has 1 aromatic carbocycles. The van der Waals surface area contributed by atoms with Crippen LogP contribution in [-0.2, 0) is 0 Å². The van der Waals surface area contributed by atoms with Crippen molar-refractivity contribution in [1.29, 1.82) is 5.26 Å². The fraction of sp³-hybridized carbons (Fsp3) is 0.632. The lowest BCUT2D eigenvalue weighted by Crippen LogP contribution is -2.52. The molecule has 1 fully saturated rings. The summed E-state index contributed by atoms with van der Waals surface area (Å²) in [4.78, 5) is 4.72. The molecule has 5 heteroatoms. The first kappa shape index (κ1) is 18.6. The number of ether oxygens (including phenoxy) is 2. The highest BCUT2D eigenvalue weighted by Gasteiger charge is 2.30. The van der Waals surface area contributed by atoms with Crippen molar-refractivity contribution in [2.45, 2.75) is 39.3 Å². The molecule has 0 radical (unpaired) electrons. The number of nitrogens with zero attached hydrogens (tertiary/aromatic N) is 3. The van der Waals surface area contributed by atoms with Gasteiger partial charge in [0.15, 0.2) is 11.5 Å². The SMILES string of the molecule is CCCOc1cc(C(C#N)N2CCN(CC)CC2C)ccc1OC. The third-order valence-electron chi connectivity index (χ3n) is 4.63. The van der Waals surface area contributed by atoms with Gasteiger partial charge in [0, 0.05) is 25.7 Å². The van der Waals surface area contributed by atoms with Crippen LogP contribution in [0, 0.1) is 11.3 Å². The zero-order valence-electron chi connectivity index (χ0n) is 15.3. The van der Waals surface area contributed by atoms with Gasteiger partial charge in [0.05, 0.1) is 19.8 Å². The molecule has 1 saturated heterocycles. The van der Waals surface area contributed by atoms with Crippen molar-refractivity contribution in [2.24, 2.45) is 0 Å². The van der Waals surface area contributed by atoms with E-state index in [0.717, 1.165) is 43.9 Å². The van der Waals surface area contributed by atoms with Crippen molar-refractivity contribution in [3.8, 4) is 17.6 Å². The van der Waals surface area contributed by atoms with Gasteiger partial charge in [0.25, 0.3) is 0 Å². The van der Waals surface area contributed by atoms with E-state index in [1.165, 1.54) is 0 Å². The van der Waals surface area contributed by atoms with Crippen molar-refractivity contribution in [1.82, 2.24) is 9.80 Å². The van der Waals surface area contributed by atoms with Crippen molar-refractivity contribution in [3.63, 3.8) is 0 Å². The van der Waals surface area contributed by atoms with Crippen LogP contribution in [-0.4, -0.2) is 55.7 Å². The molecule has 2 atom stereocenters. The van der Waals surface area contributed by atoms with Crippen LogP contribution in [0.1, 0.15) is 38.8 Å². The zero-order valence-corrected chi connectivity index (χ0v) is 15.3. The molecule has 1 aliphatic heterocycles. The maximum Gasteiger partial charge on any atom is 0.161 e. The fourth-order valence-electron chi connectivity index (χ4n) is 3.25. The van der Waals surface area contributed by atoms with Gasteiger partial charge in [-0.05, 0) is 37.6 Å². The molecule has 132 valence electrons. The van der Waals surface area contributed by atoms with Crippen molar-refractivity contribution >= 4 is 0 Å². The molecular weight excluding hydrogens is 302 g/mol. The summed E-state index contributed by atoms with van der Waals surface area (Å²) in [6.07, 6.45) is 0.936. The Morgan fingerprint density at radius 3 is 2.67 bits per heavy atom. The first-order chi connectivity index (χ1) is 11.6. The van der Waals surface area contributed by atoms with Crippen LogP contribution in [0.4, 0.5) is 0 Å². The standard InChI is InChI=1S/C19H29N3O2/c1-5-11-24-19-12-16(7-8-18(19)23-4)17(13-20)22-10-9-21(6-2)14-15(22)3/h7-8,12,15,17H,5-6,9-11,14H2,1-4H3. The number of hydrogen-bond donors (Lipinski definition) is 0. The van der Waals surface area contributed by atoms with E-state index < -0.39 is 0 Å². The monoisotopic (exact) mass is 331 g/mol. The van der Waals surface area contributed by atoms with E-state index in [0.29, 0.717) is 18.4 Å². The van der Waals surface area contributed by atoms with Crippen molar-refractivity contribution in [2.75, 3.05) is 39.9 Å². The van der Waals surface area contributed by atoms with Gasteiger partial charge in [-0.3, -0.25) is 4.90 Å². The minimum Gasteiger partial charge on any atom is -0.493 e. The average molecular weight is 331 g/mol. The summed E-state index contributed by atoms with van der Waals surface area (Å²) < 4.78 is 11.2. The normalized spacial score (nSPS) is 20.4. The quantitative estimate of drug-likeness (QED) is 0.768. The summed E-state index contributed by atoms with van der Waals surface area (Å²) in [5.41, 5.74) is 0.973. The highest BCUT2D eigenvalue weighted by Crippen LogP contribution is 2.33. The molecule has 1 heterocycles. The number of hydrogen-bond acceptors (Lipinski definition) is 5. The van der Waals surface area contributed by atoms with E-state index >= 15 is 0 Å². The number of piperazine rings is 1. The van der Waals surface area contributed by atoms with Crippen LogP contribution < -0.4 is 9.47 Å². The van der Waals surface area contributed by atoms with Crippen molar-refractivity contribution in [3.05, 3.63) is 23.8 Å². The number of nitriles is 1. The highest BCUT2D eigenvalue weighted by atomic mass is 16.5. The number of benzene rings is 1. The van der Waals surface area contributed by atoms with Crippen LogP contribution in [0.25, 0.3) is 0 Å². The van der Waals surface area contributed by atoms with Gasteiger partial charge >= 0.3 is 0 Å². The summed E-state index contributed by atoms with van der Waals surface area (Å²) >= 11 is 0. The van der Waals surface area contributed by atoms with E-state index in [2.05, 4.69) is 36.6 Å². The lowest BCUT2D eigenvalue weighted by atomic mass is 10.0. The molecule has 2 rings (SSSR count). The van der Waals surface area contributed by atoms with Gasteiger partial charge in [-0.25, -0.2) is 0 Å². The Hall–Kier alpha value is -1.77. The van der Waals surface area contributed by atoms with E-state index in [1.54, 1.807) is 7.11 Å². The average Bonchev–Trinajstić information content (AvgIpc) is 2.61. The Morgan fingerprint density at radius 2 is 2.08 bits per heavy atom. The Labute approximate surface area is 145 Å². The molecular formula is C19H29N3O2. The molecule has 0 spiro atoms. The van der Waals surface area contributed by atoms with Gasteiger partial charge in [-0.1, -0.05) is 19.9 Å². The molecule has 0 amide bonds. The minimum atomic E-state index is -0.256. The second kappa shape index (κ2) is 8.91. The molecule has 0 aromatic heterocycles. The van der Waals surface area contributed by atoms with E-state index in [1.807, 2.05) is 18.2 Å². The predicted octanol–water partition coefficient (Wildman–Crippen LogP) is 3.07. The Kier molecular flexibility index (Phi) is 6.89. The van der Waals surface area contributed by atoms with Crippen LogP contribution in [0.15, 0.2) is 18.2 Å². The van der Waals surface area contributed by atoms with Gasteiger partial charge < -0.3 is 14.4 Å². The number of rotatable bonds is 7. The highest BCUT2D eigenvalue weighted by molar-refractivity contribution is 5.45. The van der Waals surface area contributed by atoms with Crippen LogP contribution >= 0.6 is 0 Å². The van der Waals surface area contributed by atoms with Gasteiger partial charge in [0.2, 0.25) is 0 Å². The van der Waals surface area contributed by atoms with Gasteiger partial charge in [0.1, 0.15) is 6.04 Å². The third kappa shape index (κ3) is 4.19. The van der Waals surface area contributed by atoms with Crippen molar-refractivity contribution < 1.29 is 9.47 Å². The van der Waals surface area contributed by atoms with Gasteiger partial charge in [-0.2, -0.15) is 5.26 Å². The Balaban J connectivity index is 2.22. The minimum absolute atomic E-state index is 0.256. The summed E-state index contributed by atoms with van der Waals surface area (Å²) in [5, 5.41) is 9.79. The fourth-order valence-corrected chi connectivity index (χ4v) is 3.25. The first-order valence-electron chi connectivity index (χ1n) is 8.83. The lowest BCUT2D eigenvalue weighted by molar-refractivity contribution is 0.0682. The molecule has 24 heavy (non-hydrogen) atoms. The van der Waals surface area contributed by atoms with Gasteiger partial charge in [-0.15, -0.1) is 0 Å². The Bertz CT molecular complexity index is 570. The molecule has 1 aliphatic rings. The van der Waals surface area contributed by atoms with Crippen LogP contribution in [0.2, 0.25) is 0 Å². The molecule has 0 aliphatic carbocycles. The maximum atomic E-state index is 9.79. The third-order valence-corrected chi connectivity index (χ3v) is 4.63. The second-order valence-electron chi connectivity index (χ2n) is 6.27.